The van der Waals surface area contributed by atoms with Gasteiger partial charge in [-0.2, -0.15) is 0 Å². The molecule has 136 valence electrons. The van der Waals surface area contributed by atoms with Gasteiger partial charge in [0, 0.05) is 5.69 Å². The van der Waals surface area contributed by atoms with Gasteiger partial charge in [0.25, 0.3) is 0 Å². The van der Waals surface area contributed by atoms with Crippen LogP contribution >= 0.6 is 0 Å². The molecule has 0 radical (unpaired) electrons. The van der Waals surface area contributed by atoms with Crippen LogP contribution in [0.1, 0.15) is 95.7 Å². The zero-order valence-electron chi connectivity index (χ0n) is 16.2. The lowest BCUT2D eigenvalue weighted by Crippen LogP contribution is -2.24. The molecule has 1 aliphatic carbocycles. The SMILES string of the molecule is CCCCCCC1CCC(Oc2cnc(CCCC)c(C)c2)CC1. The van der Waals surface area contributed by atoms with E-state index in [1.54, 1.807) is 0 Å². The maximum Gasteiger partial charge on any atom is 0.138 e. The van der Waals surface area contributed by atoms with Crippen molar-refractivity contribution in [3.63, 3.8) is 0 Å². The maximum atomic E-state index is 6.22. The first-order valence-electron chi connectivity index (χ1n) is 10.3. The van der Waals surface area contributed by atoms with Crippen molar-refractivity contribution in [1.29, 1.82) is 0 Å². The van der Waals surface area contributed by atoms with Crippen molar-refractivity contribution in [3.8, 4) is 5.75 Å². The fourth-order valence-electron chi connectivity index (χ4n) is 3.84. The molecule has 24 heavy (non-hydrogen) atoms. The van der Waals surface area contributed by atoms with E-state index in [-0.39, 0.29) is 0 Å². The van der Waals surface area contributed by atoms with Gasteiger partial charge in [0.15, 0.2) is 0 Å². The zero-order valence-corrected chi connectivity index (χ0v) is 16.2. The molecule has 1 saturated carbocycles. The highest BCUT2D eigenvalue weighted by Gasteiger charge is 2.22. The van der Waals surface area contributed by atoms with Crippen molar-refractivity contribution in [3.05, 3.63) is 23.5 Å². The number of pyridine rings is 1. The Morgan fingerprint density at radius 2 is 1.75 bits per heavy atom. The van der Waals surface area contributed by atoms with Crippen molar-refractivity contribution in [2.24, 2.45) is 5.92 Å². The third kappa shape index (κ3) is 6.45. The third-order valence-corrected chi connectivity index (χ3v) is 5.49. The molecule has 1 aliphatic rings. The fraction of sp³-hybridized carbons (Fsp3) is 0.773. The first-order valence-corrected chi connectivity index (χ1v) is 10.3. The van der Waals surface area contributed by atoms with E-state index in [4.69, 9.17) is 4.74 Å². The topological polar surface area (TPSA) is 22.1 Å². The molecular formula is C22H37NO. The van der Waals surface area contributed by atoms with E-state index in [0.29, 0.717) is 6.10 Å². The predicted molar refractivity (Wildman–Crippen MR) is 103 cm³/mol. The van der Waals surface area contributed by atoms with Crippen molar-refractivity contribution < 1.29 is 4.74 Å². The zero-order chi connectivity index (χ0) is 17.2. The second-order valence-corrected chi connectivity index (χ2v) is 7.65. The van der Waals surface area contributed by atoms with Gasteiger partial charge in [0.2, 0.25) is 0 Å². The Bertz CT molecular complexity index is 463. The summed E-state index contributed by atoms with van der Waals surface area (Å²) in [6.07, 6.45) is 18.0. The minimum atomic E-state index is 0.402. The van der Waals surface area contributed by atoms with Gasteiger partial charge in [0.1, 0.15) is 5.75 Å². The second kappa shape index (κ2) is 10.7. The van der Waals surface area contributed by atoms with Gasteiger partial charge < -0.3 is 4.74 Å². The Kier molecular flexibility index (Phi) is 8.63. The van der Waals surface area contributed by atoms with Crippen LogP contribution in [0.25, 0.3) is 0 Å². The molecule has 0 aliphatic heterocycles. The van der Waals surface area contributed by atoms with E-state index in [1.807, 2.05) is 6.20 Å². The van der Waals surface area contributed by atoms with Gasteiger partial charge in [0.05, 0.1) is 12.3 Å². The number of aromatic nitrogens is 1. The molecule has 2 nitrogen and oxygen atoms in total. The van der Waals surface area contributed by atoms with Gasteiger partial charge in [-0.25, -0.2) is 0 Å². The standard InChI is InChI=1S/C22H37NO/c1-4-6-8-9-10-19-12-14-20(15-13-19)24-21-16-18(3)22(23-17-21)11-7-5-2/h16-17,19-20H,4-15H2,1-3H3. The summed E-state index contributed by atoms with van der Waals surface area (Å²) in [5.74, 6) is 1.91. The molecule has 0 spiro atoms. The summed E-state index contributed by atoms with van der Waals surface area (Å²) >= 11 is 0. The number of hydrogen-bond acceptors (Lipinski definition) is 2. The Labute approximate surface area is 149 Å². The Morgan fingerprint density at radius 3 is 2.42 bits per heavy atom. The lowest BCUT2D eigenvalue weighted by atomic mass is 9.84. The van der Waals surface area contributed by atoms with Crippen LogP contribution in [-0.2, 0) is 6.42 Å². The highest BCUT2D eigenvalue weighted by atomic mass is 16.5. The summed E-state index contributed by atoms with van der Waals surface area (Å²) in [4.78, 5) is 4.63. The maximum absolute atomic E-state index is 6.22. The highest BCUT2D eigenvalue weighted by Crippen LogP contribution is 2.31. The minimum Gasteiger partial charge on any atom is -0.489 e. The van der Waals surface area contributed by atoms with E-state index in [1.165, 1.54) is 81.9 Å². The molecule has 2 rings (SSSR count). The van der Waals surface area contributed by atoms with Crippen molar-refractivity contribution in [1.82, 2.24) is 4.98 Å². The molecule has 1 aromatic rings. The summed E-state index contributed by atoms with van der Waals surface area (Å²) in [5.41, 5.74) is 2.52. The first-order chi connectivity index (χ1) is 11.7. The van der Waals surface area contributed by atoms with Crippen molar-refractivity contribution >= 4 is 0 Å². The molecule has 0 bridgehead atoms. The van der Waals surface area contributed by atoms with Crippen LogP contribution in [0.2, 0.25) is 0 Å². The number of ether oxygens (including phenoxy) is 1. The molecule has 1 fully saturated rings. The summed E-state index contributed by atoms with van der Waals surface area (Å²) in [6.45, 7) is 6.68. The molecule has 0 N–H and O–H groups in total. The van der Waals surface area contributed by atoms with Gasteiger partial charge in [-0.05, 0) is 63.0 Å². The molecular weight excluding hydrogens is 294 g/mol. The Morgan fingerprint density at radius 1 is 1.00 bits per heavy atom. The first kappa shape index (κ1) is 19.3. The van der Waals surface area contributed by atoms with Crippen LogP contribution in [-0.4, -0.2) is 11.1 Å². The lowest BCUT2D eigenvalue weighted by molar-refractivity contribution is 0.127. The average Bonchev–Trinajstić information content (AvgIpc) is 2.59. The molecule has 0 unspecified atom stereocenters. The predicted octanol–water partition coefficient (Wildman–Crippen LogP) is 6.64. The van der Waals surface area contributed by atoms with Gasteiger partial charge in [-0.15, -0.1) is 0 Å². The van der Waals surface area contributed by atoms with Gasteiger partial charge in [-0.3, -0.25) is 4.98 Å². The molecule has 0 aromatic carbocycles. The molecule has 0 atom stereocenters. The number of hydrogen-bond donors (Lipinski definition) is 0. The summed E-state index contributed by atoms with van der Waals surface area (Å²) in [5, 5.41) is 0. The summed E-state index contributed by atoms with van der Waals surface area (Å²) < 4.78 is 6.22. The molecule has 0 saturated heterocycles. The normalized spacial score (nSPS) is 21.0. The lowest BCUT2D eigenvalue weighted by Gasteiger charge is -2.29. The molecule has 1 aromatic heterocycles. The number of rotatable bonds is 10. The van der Waals surface area contributed by atoms with Crippen molar-refractivity contribution in [2.45, 2.75) is 104 Å². The van der Waals surface area contributed by atoms with Crippen LogP contribution in [0.4, 0.5) is 0 Å². The number of nitrogens with zero attached hydrogens (tertiary/aromatic N) is 1. The number of aryl methyl sites for hydroxylation is 2. The van der Waals surface area contributed by atoms with Crippen LogP contribution in [0.3, 0.4) is 0 Å². The fourth-order valence-corrected chi connectivity index (χ4v) is 3.84. The Balaban J connectivity index is 1.72. The van der Waals surface area contributed by atoms with E-state index in [0.717, 1.165) is 18.1 Å². The van der Waals surface area contributed by atoms with Crippen LogP contribution in [0, 0.1) is 12.8 Å². The van der Waals surface area contributed by atoms with Crippen LogP contribution < -0.4 is 4.74 Å². The van der Waals surface area contributed by atoms with E-state index >= 15 is 0 Å². The monoisotopic (exact) mass is 331 g/mol. The smallest absolute Gasteiger partial charge is 0.138 e. The quantitative estimate of drug-likeness (QED) is 0.448. The van der Waals surface area contributed by atoms with Gasteiger partial charge in [-0.1, -0.05) is 52.4 Å². The van der Waals surface area contributed by atoms with Crippen LogP contribution in [0.5, 0.6) is 5.75 Å². The van der Waals surface area contributed by atoms with Crippen molar-refractivity contribution in [2.75, 3.05) is 0 Å². The minimum absolute atomic E-state index is 0.402. The molecule has 2 heteroatoms. The van der Waals surface area contributed by atoms with E-state index in [2.05, 4.69) is 31.8 Å². The Hall–Kier alpha value is -1.05. The van der Waals surface area contributed by atoms with Gasteiger partial charge >= 0.3 is 0 Å². The summed E-state index contributed by atoms with van der Waals surface area (Å²) in [6, 6.07) is 2.19. The third-order valence-electron chi connectivity index (χ3n) is 5.49. The van der Waals surface area contributed by atoms with Crippen LogP contribution in [0.15, 0.2) is 12.3 Å². The molecule has 1 heterocycles. The highest BCUT2D eigenvalue weighted by molar-refractivity contribution is 5.28. The van der Waals surface area contributed by atoms with E-state index in [9.17, 15) is 0 Å². The molecule has 0 amide bonds. The summed E-state index contributed by atoms with van der Waals surface area (Å²) in [7, 11) is 0. The largest absolute Gasteiger partial charge is 0.489 e. The second-order valence-electron chi connectivity index (χ2n) is 7.65. The number of unbranched alkanes of at least 4 members (excludes halogenated alkanes) is 4. The average molecular weight is 332 g/mol. The van der Waals surface area contributed by atoms with E-state index < -0.39 is 0 Å².